The van der Waals surface area contributed by atoms with Crippen molar-refractivity contribution in [2.45, 2.75) is 32.0 Å². The molecule has 1 aliphatic carbocycles. The SMILES string of the molecule is CC(CN(CC(F)(F)F)C1CC1)C1CNC1. The predicted octanol–water partition coefficient (Wildman–Crippen LogP) is 1.87. The number of halogens is 3. The van der Waals surface area contributed by atoms with Crippen LogP contribution in [0.4, 0.5) is 13.2 Å². The molecule has 2 nitrogen and oxygen atoms in total. The summed E-state index contributed by atoms with van der Waals surface area (Å²) in [5.74, 6) is 0.929. The summed E-state index contributed by atoms with van der Waals surface area (Å²) < 4.78 is 37.2. The van der Waals surface area contributed by atoms with E-state index in [-0.39, 0.29) is 6.04 Å². The predicted molar refractivity (Wildman–Crippen MR) is 56.2 cm³/mol. The molecule has 2 aliphatic rings. The average Bonchev–Trinajstić information content (AvgIpc) is 2.77. The second-order valence-electron chi connectivity index (χ2n) is 5.17. The minimum atomic E-state index is -4.06. The standard InChI is InChI=1S/C11H19F3N2/c1-8(9-4-15-5-9)6-16(10-2-3-10)7-11(12,13)14/h8-10,15H,2-7H2,1H3. The van der Waals surface area contributed by atoms with Crippen molar-refractivity contribution in [2.75, 3.05) is 26.2 Å². The van der Waals surface area contributed by atoms with E-state index < -0.39 is 12.7 Å². The smallest absolute Gasteiger partial charge is 0.316 e. The van der Waals surface area contributed by atoms with Gasteiger partial charge in [-0.3, -0.25) is 4.90 Å². The van der Waals surface area contributed by atoms with Crippen LogP contribution in [0.3, 0.4) is 0 Å². The molecule has 2 fully saturated rings. The normalized spacial score (nSPS) is 24.6. The number of alkyl halides is 3. The van der Waals surface area contributed by atoms with Gasteiger partial charge in [0.25, 0.3) is 0 Å². The summed E-state index contributed by atoms with van der Waals surface area (Å²) in [7, 11) is 0. The number of hydrogen-bond acceptors (Lipinski definition) is 2. The van der Waals surface area contributed by atoms with Crippen LogP contribution in [0.2, 0.25) is 0 Å². The average molecular weight is 236 g/mol. The summed E-state index contributed by atoms with van der Waals surface area (Å²) in [5, 5.41) is 3.17. The topological polar surface area (TPSA) is 15.3 Å². The Bertz CT molecular complexity index is 234. The van der Waals surface area contributed by atoms with Crippen LogP contribution in [0, 0.1) is 11.8 Å². The number of rotatable bonds is 5. The van der Waals surface area contributed by atoms with E-state index in [1.54, 1.807) is 4.90 Å². The molecule has 16 heavy (non-hydrogen) atoms. The zero-order valence-corrected chi connectivity index (χ0v) is 9.56. The number of hydrogen-bond donors (Lipinski definition) is 1. The molecule has 1 aliphatic heterocycles. The lowest BCUT2D eigenvalue weighted by atomic mass is 9.88. The fourth-order valence-corrected chi connectivity index (χ4v) is 2.25. The monoisotopic (exact) mass is 236 g/mol. The number of nitrogens with zero attached hydrogens (tertiary/aromatic N) is 1. The maximum atomic E-state index is 12.4. The maximum Gasteiger partial charge on any atom is 0.401 e. The van der Waals surface area contributed by atoms with Crippen molar-refractivity contribution >= 4 is 0 Å². The first-order valence-electron chi connectivity index (χ1n) is 5.97. The van der Waals surface area contributed by atoms with E-state index in [1.165, 1.54) is 0 Å². The van der Waals surface area contributed by atoms with Gasteiger partial charge in [-0.2, -0.15) is 13.2 Å². The van der Waals surface area contributed by atoms with Crippen molar-refractivity contribution < 1.29 is 13.2 Å². The van der Waals surface area contributed by atoms with Gasteiger partial charge in [-0.05, 0) is 37.8 Å². The quantitative estimate of drug-likeness (QED) is 0.784. The molecular formula is C11H19F3N2. The Hall–Kier alpha value is -0.290. The molecule has 1 heterocycles. The van der Waals surface area contributed by atoms with Gasteiger partial charge in [-0.25, -0.2) is 0 Å². The molecular weight excluding hydrogens is 217 g/mol. The molecule has 0 aromatic carbocycles. The van der Waals surface area contributed by atoms with E-state index in [2.05, 4.69) is 12.2 Å². The highest BCUT2D eigenvalue weighted by molar-refractivity contribution is 4.89. The van der Waals surface area contributed by atoms with Crippen LogP contribution in [-0.2, 0) is 0 Å². The van der Waals surface area contributed by atoms with E-state index in [1.807, 2.05) is 0 Å². The second-order valence-corrected chi connectivity index (χ2v) is 5.17. The molecule has 0 aromatic rings. The Morgan fingerprint density at radius 2 is 1.94 bits per heavy atom. The second kappa shape index (κ2) is 4.53. The molecule has 2 rings (SSSR count). The highest BCUT2D eigenvalue weighted by Crippen LogP contribution is 2.31. The van der Waals surface area contributed by atoms with Crippen LogP contribution in [0.1, 0.15) is 19.8 Å². The van der Waals surface area contributed by atoms with Gasteiger partial charge >= 0.3 is 6.18 Å². The Balaban J connectivity index is 1.82. The van der Waals surface area contributed by atoms with Gasteiger partial charge in [0, 0.05) is 12.6 Å². The summed E-state index contributed by atoms with van der Waals surface area (Å²) in [5.41, 5.74) is 0. The summed E-state index contributed by atoms with van der Waals surface area (Å²) in [6, 6.07) is 0.192. The minimum Gasteiger partial charge on any atom is -0.316 e. The van der Waals surface area contributed by atoms with Crippen molar-refractivity contribution in [2.24, 2.45) is 11.8 Å². The highest BCUT2D eigenvalue weighted by atomic mass is 19.4. The molecule has 1 saturated heterocycles. The van der Waals surface area contributed by atoms with Crippen LogP contribution in [-0.4, -0.2) is 43.3 Å². The zero-order valence-electron chi connectivity index (χ0n) is 9.56. The van der Waals surface area contributed by atoms with Crippen LogP contribution < -0.4 is 5.32 Å². The summed E-state index contributed by atoms with van der Waals surface area (Å²) in [4.78, 5) is 1.63. The molecule has 0 bridgehead atoms. The van der Waals surface area contributed by atoms with Gasteiger partial charge in [-0.1, -0.05) is 6.92 Å². The summed E-state index contributed by atoms with van der Waals surface area (Å²) in [6.45, 7) is 3.85. The Morgan fingerprint density at radius 1 is 1.31 bits per heavy atom. The van der Waals surface area contributed by atoms with E-state index in [9.17, 15) is 13.2 Å². The summed E-state index contributed by atoms with van der Waals surface area (Å²) >= 11 is 0. The van der Waals surface area contributed by atoms with Gasteiger partial charge in [0.1, 0.15) is 0 Å². The first-order chi connectivity index (χ1) is 7.46. The van der Waals surface area contributed by atoms with Crippen LogP contribution in [0.15, 0.2) is 0 Å². The molecule has 5 heteroatoms. The zero-order chi connectivity index (χ0) is 11.8. The maximum absolute atomic E-state index is 12.4. The third kappa shape index (κ3) is 3.35. The van der Waals surface area contributed by atoms with E-state index >= 15 is 0 Å². The van der Waals surface area contributed by atoms with Crippen molar-refractivity contribution in [3.63, 3.8) is 0 Å². The molecule has 1 N–H and O–H groups in total. The third-order valence-electron chi connectivity index (χ3n) is 3.59. The van der Waals surface area contributed by atoms with Crippen LogP contribution >= 0.6 is 0 Å². The largest absolute Gasteiger partial charge is 0.401 e. The fraction of sp³-hybridized carbons (Fsp3) is 1.00. The van der Waals surface area contributed by atoms with Gasteiger partial charge in [0.05, 0.1) is 6.54 Å². The fourth-order valence-electron chi connectivity index (χ4n) is 2.25. The van der Waals surface area contributed by atoms with Crippen molar-refractivity contribution in [3.8, 4) is 0 Å². The molecule has 0 aromatic heterocycles. The lowest BCUT2D eigenvalue weighted by molar-refractivity contribution is -0.149. The van der Waals surface area contributed by atoms with Gasteiger partial charge in [-0.15, -0.1) is 0 Å². The van der Waals surface area contributed by atoms with Gasteiger partial charge in [0.15, 0.2) is 0 Å². The van der Waals surface area contributed by atoms with E-state index in [4.69, 9.17) is 0 Å². The summed E-state index contributed by atoms with van der Waals surface area (Å²) in [6.07, 6.45) is -2.18. The molecule has 1 saturated carbocycles. The van der Waals surface area contributed by atoms with Gasteiger partial charge < -0.3 is 5.32 Å². The van der Waals surface area contributed by atoms with Crippen molar-refractivity contribution in [1.29, 1.82) is 0 Å². The minimum absolute atomic E-state index is 0.192. The first-order valence-corrected chi connectivity index (χ1v) is 5.97. The molecule has 1 unspecified atom stereocenters. The molecule has 1 atom stereocenters. The Kier molecular flexibility index (Phi) is 3.45. The van der Waals surface area contributed by atoms with Crippen LogP contribution in [0.25, 0.3) is 0 Å². The Labute approximate surface area is 94.2 Å². The Morgan fingerprint density at radius 3 is 2.31 bits per heavy atom. The highest BCUT2D eigenvalue weighted by Gasteiger charge is 2.39. The van der Waals surface area contributed by atoms with Crippen LogP contribution in [0.5, 0.6) is 0 Å². The molecule has 0 spiro atoms. The van der Waals surface area contributed by atoms with Gasteiger partial charge in [0.2, 0.25) is 0 Å². The molecule has 0 amide bonds. The van der Waals surface area contributed by atoms with E-state index in [0.717, 1.165) is 25.9 Å². The number of nitrogens with one attached hydrogen (secondary N) is 1. The first kappa shape index (κ1) is 12.2. The molecule has 0 radical (unpaired) electrons. The third-order valence-corrected chi connectivity index (χ3v) is 3.59. The molecule has 94 valence electrons. The van der Waals surface area contributed by atoms with E-state index in [0.29, 0.717) is 18.4 Å². The lowest BCUT2D eigenvalue weighted by Crippen LogP contribution is -2.49. The lowest BCUT2D eigenvalue weighted by Gasteiger charge is -2.36. The van der Waals surface area contributed by atoms with Crippen molar-refractivity contribution in [1.82, 2.24) is 10.2 Å². The van der Waals surface area contributed by atoms with Crippen molar-refractivity contribution in [3.05, 3.63) is 0 Å².